The summed E-state index contributed by atoms with van der Waals surface area (Å²) in [5.74, 6) is 0. The molecule has 6 heteroatoms. The van der Waals surface area contributed by atoms with Crippen molar-refractivity contribution in [3.8, 4) is 0 Å². The second kappa shape index (κ2) is 6.42. The average Bonchev–Trinajstić information content (AvgIpc) is 2.44. The number of hydrogen-bond donors (Lipinski definition) is 4. The van der Waals surface area contributed by atoms with Gasteiger partial charge in [-0.25, -0.2) is 0 Å². The summed E-state index contributed by atoms with van der Waals surface area (Å²) in [5.41, 5.74) is 0.878. The van der Waals surface area contributed by atoms with Gasteiger partial charge in [0.2, 0.25) is 0 Å². The number of benzene rings is 1. The summed E-state index contributed by atoms with van der Waals surface area (Å²) < 4.78 is 10.3. The highest BCUT2D eigenvalue weighted by Crippen LogP contribution is 2.23. The Morgan fingerprint density at radius 1 is 1.05 bits per heavy atom. The monoisotopic (exact) mass is 270 g/mol. The van der Waals surface area contributed by atoms with Crippen molar-refractivity contribution in [3.05, 3.63) is 35.9 Å². The highest BCUT2D eigenvalue weighted by atomic mass is 16.6. The molecule has 1 aromatic rings. The molecule has 1 aliphatic rings. The highest BCUT2D eigenvalue weighted by molar-refractivity contribution is 5.13. The molecule has 5 atom stereocenters. The maximum Gasteiger partial charge on any atom is 0.184 e. The van der Waals surface area contributed by atoms with Gasteiger partial charge in [0.15, 0.2) is 6.29 Å². The number of aliphatic hydroxyl groups excluding tert-OH is 4. The second-order valence-corrected chi connectivity index (χ2v) is 4.49. The fourth-order valence-corrected chi connectivity index (χ4v) is 2.03. The quantitative estimate of drug-likeness (QED) is 0.560. The Hall–Kier alpha value is -1.02. The molecule has 0 spiro atoms. The predicted octanol–water partition coefficient (Wildman–Crippen LogP) is -0.997. The minimum atomic E-state index is -1.48. The van der Waals surface area contributed by atoms with Crippen LogP contribution in [0.5, 0.6) is 0 Å². The first-order valence-corrected chi connectivity index (χ1v) is 6.09. The van der Waals surface area contributed by atoms with Crippen molar-refractivity contribution >= 4 is 0 Å². The largest absolute Gasteiger partial charge is 0.394 e. The van der Waals surface area contributed by atoms with Gasteiger partial charge in [0.05, 0.1) is 13.2 Å². The molecule has 0 amide bonds. The smallest absolute Gasteiger partial charge is 0.184 e. The van der Waals surface area contributed by atoms with Crippen molar-refractivity contribution in [2.45, 2.75) is 37.3 Å². The molecule has 6 nitrogen and oxygen atoms in total. The summed E-state index contributed by atoms with van der Waals surface area (Å²) in [6, 6.07) is 9.26. The second-order valence-electron chi connectivity index (χ2n) is 4.49. The van der Waals surface area contributed by atoms with Crippen molar-refractivity contribution in [2.24, 2.45) is 0 Å². The van der Waals surface area contributed by atoms with E-state index in [0.29, 0.717) is 0 Å². The predicted molar refractivity (Wildman–Crippen MR) is 65.0 cm³/mol. The maximum atomic E-state index is 9.91. The van der Waals surface area contributed by atoms with Crippen LogP contribution >= 0.6 is 0 Å². The van der Waals surface area contributed by atoms with Crippen LogP contribution in [-0.2, 0) is 16.1 Å². The molecule has 106 valence electrons. The lowest BCUT2D eigenvalue weighted by Gasteiger charge is -2.39. The summed E-state index contributed by atoms with van der Waals surface area (Å²) in [5, 5.41) is 38.2. The molecule has 1 saturated heterocycles. The number of aliphatic hydroxyl groups is 4. The lowest BCUT2D eigenvalue weighted by Crippen LogP contribution is -2.59. The van der Waals surface area contributed by atoms with E-state index in [2.05, 4.69) is 0 Å². The Bertz CT molecular complexity index is 384. The molecule has 4 N–H and O–H groups in total. The zero-order valence-corrected chi connectivity index (χ0v) is 10.3. The van der Waals surface area contributed by atoms with Gasteiger partial charge in [-0.15, -0.1) is 0 Å². The third-order valence-corrected chi connectivity index (χ3v) is 3.13. The van der Waals surface area contributed by atoms with Crippen LogP contribution in [0.15, 0.2) is 30.3 Å². The molecule has 1 aliphatic heterocycles. The van der Waals surface area contributed by atoms with Gasteiger partial charge in [-0.1, -0.05) is 30.3 Å². The van der Waals surface area contributed by atoms with Gasteiger partial charge in [0, 0.05) is 0 Å². The summed E-state index contributed by atoms with van der Waals surface area (Å²) in [6.45, 7) is -0.277. The van der Waals surface area contributed by atoms with E-state index < -0.39 is 37.3 Å². The molecule has 1 fully saturated rings. The normalized spacial score (nSPS) is 35.3. The summed E-state index contributed by atoms with van der Waals surface area (Å²) in [7, 11) is 0. The van der Waals surface area contributed by atoms with Gasteiger partial charge in [0.25, 0.3) is 0 Å². The average molecular weight is 270 g/mol. The van der Waals surface area contributed by atoms with E-state index in [1.54, 1.807) is 0 Å². The molecular weight excluding hydrogens is 252 g/mol. The van der Waals surface area contributed by atoms with Crippen molar-refractivity contribution < 1.29 is 29.9 Å². The summed E-state index contributed by atoms with van der Waals surface area (Å²) in [6.07, 6.45) is -6.03. The Morgan fingerprint density at radius 2 is 1.74 bits per heavy atom. The zero-order chi connectivity index (χ0) is 13.8. The molecule has 0 radical (unpaired) electrons. The molecule has 19 heavy (non-hydrogen) atoms. The number of hydrogen-bond acceptors (Lipinski definition) is 6. The van der Waals surface area contributed by atoms with Crippen LogP contribution in [0.3, 0.4) is 0 Å². The zero-order valence-electron chi connectivity index (χ0n) is 10.3. The third-order valence-electron chi connectivity index (χ3n) is 3.13. The van der Waals surface area contributed by atoms with E-state index in [0.717, 1.165) is 5.56 Å². The lowest BCUT2D eigenvalue weighted by atomic mass is 9.99. The van der Waals surface area contributed by atoms with Crippen LogP contribution in [0, 0.1) is 0 Å². The topological polar surface area (TPSA) is 99.4 Å². The van der Waals surface area contributed by atoms with Crippen LogP contribution in [0.4, 0.5) is 0 Å². The Kier molecular flexibility index (Phi) is 4.87. The van der Waals surface area contributed by atoms with Crippen LogP contribution < -0.4 is 0 Å². The van der Waals surface area contributed by atoms with Crippen LogP contribution in [-0.4, -0.2) is 57.7 Å². The number of rotatable bonds is 4. The molecule has 0 bridgehead atoms. The lowest BCUT2D eigenvalue weighted by molar-refractivity contribution is -0.296. The van der Waals surface area contributed by atoms with Crippen molar-refractivity contribution in [3.63, 3.8) is 0 Å². The maximum absolute atomic E-state index is 9.91. The molecule has 0 aromatic heterocycles. The van der Waals surface area contributed by atoms with E-state index >= 15 is 0 Å². The SMILES string of the molecule is OC[C@H]1OC(O)[C@H](O)[C@H](OCc2ccccc2)[C@@H]1O. The van der Waals surface area contributed by atoms with Crippen molar-refractivity contribution in [2.75, 3.05) is 6.61 Å². The van der Waals surface area contributed by atoms with Gasteiger partial charge in [-0.3, -0.25) is 0 Å². The fourth-order valence-electron chi connectivity index (χ4n) is 2.03. The fraction of sp³-hybridized carbons (Fsp3) is 0.538. The minimum Gasteiger partial charge on any atom is -0.394 e. The van der Waals surface area contributed by atoms with E-state index in [-0.39, 0.29) is 6.61 Å². The minimum absolute atomic E-state index is 0.185. The highest BCUT2D eigenvalue weighted by Gasteiger charge is 2.44. The Balaban J connectivity index is 2.00. The molecule has 0 saturated carbocycles. The molecule has 1 unspecified atom stereocenters. The van der Waals surface area contributed by atoms with Gasteiger partial charge in [0.1, 0.15) is 24.4 Å². The van der Waals surface area contributed by atoms with Crippen molar-refractivity contribution in [1.82, 2.24) is 0 Å². The van der Waals surface area contributed by atoms with E-state index in [9.17, 15) is 15.3 Å². The first-order valence-electron chi connectivity index (χ1n) is 6.09. The standard InChI is InChI=1S/C13H18O6/c14-6-9-10(15)12(11(16)13(17)19-9)18-7-8-4-2-1-3-5-8/h1-5,9-17H,6-7H2/t9-,10-,11-,12-,13?/m1/s1. The molecule has 1 heterocycles. The van der Waals surface area contributed by atoms with E-state index in [4.69, 9.17) is 14.6 Å². The Morgan fingerprint density at radius 3 is 2.37 bits per heavy atom. The molecule has 2 rings (SSSR count). The first-order chi connectivity index (χ1) is 9.13. The number of ether oxygens (including phenoxy) is 2. The molecular formula is C13H18O6. The summed E-state index contributed by atoms with van der Waals surface area (Å²) >= 11 is 0. The van der Waals surface area contributed by atoms with Gasteiger partial charge >= 0.3 is 0 Å². The van der Waals surface area contributed by atoms with Crippen molar-refractivity contribution in [1.29, 1.82) is 0 Å². The molecule has 1 aromatic carbocycles. The Labute approximate surface area is 110 Å². The van der Waals surface area contributed by atoms with Gasteiger partial charge in [-0.2, -0.15) is 0 Å². The van der Waals surface area contributed by atoms with E-state index in [1.807, 2.05) is 30.3 Å². The molecule has 0 aliphatic carbocycles. The van der Waals surface area contributed by atoms with Crippen LogP contribution in [0.25, 0.3) is 0 Å². The van der Waals surface area contributed by atoms with Gasteiger partial charge < -0.3 is 29.9 Å². The first kappa shape index (κ1) is 14.4. The van der Waals surface area contributed by atoms with Crippen LogP contribution in [0.1, 0.15) is 5.56 Å². The summed E-state index contributed by atoms with van der Waals surface area (Å²) in [4.78, 5) is 0. The van der Waals surface area contributed by atoms with E-state index in [1.165, 1.54) is 0 Å². The van der Waals surface area contributed by atoms with Gasteiger partial charge in [-0.05, 0) is 5.56 Å². The van der Waals surface area contributed by atoms with Crippen LogP contribution in [0.2, 0.25) is 0 Å². The third kappa shape index (κ3) is 3.30.